The lowest BCUT2D eigenvalue weighted by molar-refractivity contribution is -0.151. The summed E-state index contributed by atoms with van der Waals surface area (Å²) in [5.41, 5.74) is 6.19. The van der Waals surface area contributed by atoms with E-state index in [0.29, 0.717) is 18.1 Å². The van der Waals surface area contributed by atoms with Crippen LogP contribution in [0.4, 0.5) is 5.82 Å². The van der Waals surface area contributed by atoms with Crippen LogP contribution in [0, 0.1) is 5.92 Å². The highest BCUT2D eigenvalue weighted by molar-refractivity contribution is 7.55. The van der Waals surface area contributed by atoms with E-state index in [4.69, 9.17) is 15.2 Å². The second-order valence-corrected chi connectivity index (χ2v) is 8.87. The molecule has 0 aliphatic carbocycles. The first-order chi connectivity index (χ1) is 13.5. The fraction of sp³-hybridized carbons (Fsp3) is 0.647. The van der Waals surface area contributed by atoms with Gasteiger partial charge in [0, 0.05) is 13.6 Å². The van der Waals surface area contributed by atoms with Gasteiger partial charge in [0.05, 0.1) is 31.0 Å². The number of hydrogen-bond donors (Lipinski definition) is 3. The molecule has 1 unspecified atom stereocenters. The molecule has 3 atom stereocenters. The molecule has 0 bridgehead atoms. The predicted octanol–water partition coefficient (Wildman–Crippen LogP) is 1.28. The fourth-order valence-electron chi connectivity index (χ4n) is 2.28. The van der Waals surface area contributed by atoms with E-state index in [-0.39, 0.29) is 18.5 Å². The summed E-state index contributed by atoms with van der Waals surface area (Å²) in [4.78, 5) is 33.8. The minimum atomic E-state index is -3.79. The molecule has 0 amide bonds. The van der Waals surface area contributed by atoms with Crippen molar-refractivity contribution in [2.75, 3.05) is 19.9 Å². The Morgan fingerprint density at radius 2 is 2.10 bits per heavy atom. The zero-order valence-corrected chi connectivity index (χ0v) is 18.4. The Kier molecular flexibility index (Phi) is 9.64. The Labute approximate surface area is 170 Å². The second-order valence-electron chi connectivity index (χ2n) is 6.89. The number of nitrogens with two attached hydrogens (primary N) is 1. The van der Waals surface area contributed by atoms with Gasteiger partial charge in [-0.3, -0.25) is 14.4 Å². The summed E-state index contributed by atoms with van der Waals surface area (Å²) < 4.78 is 24.5. The van der Waals surface area contributed by atoms with E-state index in [1.54, 1.807) is 39.3 Å². The van der Waals surface area contributed by atoms with E-state index < -0.39 is 31.9 Å². The monoisotopic (exact) mass is 430 g/mol. The maximum atomic E-state index is 12.3. The first-order valence-electron chi connectivity index (χ1n) is 9.14. The number of aromatic nitrogens is 2. The van der Waals surface area contributed by atoms with E-state index in [1.807, 2.05) is 0 Å². The molecule has 12 heteroatoms. The molecule has 0 radical (unpaired) electrons. The first kappa shape index (κ1) is 25.0. The van der Waals surface area contributed by atoms with Crippen molar-refractivity contribution in [1.29, 1.82) is 0 Å². The van der Waals surface area contributed by atoms with Crippen molar-refractivity contribution in [2.24, 2.45) is 21.6 Å². The van der Waals surface area contributed by atoms with Crippen LogP contribution in [0.25, 0.3) is 0 Å². The largest absolute Gasteiger partial charge is 0.463 e. The van der Waals surface area contributed by atoms with Crippen LogP contribution in [0.1, 0.15) is 33.4 Å². The van der Waals surface area contributed by atoms with Crippen LogP contribution in [-0.2, 0) is 25.4 Å². The quantitative estimate of drug-likeness (QED) is 0.194. The van der Waals surface area contributed by atoms with Crippen LogP contribution in [0.5, 0.6) is 0 Å². The Hall–Kier alpha value is -2.07. The van der Waals surface area contributed by atoms with Crippen LogP contribution in [0.3, 0.4) is 0 Å². The molecule has 0 aliphatic heterocycles. The summed E-state index contributed by atoms with van der Waals surface area (Å²) >= 11 is 0. The van der Waals surface area contributed by atoms with Gasteiger partial charge in [-0.1, -0.05) is 6.92 Å². The Balaban J connectivity index is 2.58. The predicted molar refractivity (Wildman–Crippen MR) is 112 cm³/mol. The summed E-state index contributed by atoms with van der Waals surface area (Å²) in [7, 11) is -2.25. The summed E-state index contributed by atoms with van der Waals surface area (Å²) in [5, 5.41) is 2.49. The zero-order chi connectivity index (χ0) is 22.2. The number of hydrogen-bond acceptors (Lipinski definition) is 7. The molecule has 1 rings (SSSR count). The molecule has 11 nitrogen and oxygen atoms in total. The molecule has 0 aliphatic rings. The maximum absolute atomic E-state index is 12.3. The minimum Gasteiger partial charge on any atom is -0.463 e. The third-order valence-electron chi connectivity index (χ3n) is 3.83. The molecular formula is C17H31N6O5P. The topological polar surface area (TPSA) is 153 Å². The van der Waals surface area contributed by atoms with Gasteiger partial charge in [0.1, 0.15) is 17.9 Å². The van der Waals surface area contributed by atoms with Gasteiger partial charge in [-0.05, 0) is 27.5 Å². The van der Waals surface area contributed by atoms with E-state index >= 15 is 0 Å². The summed E-state index contributed by atoms with van der Waals surface area (Å²) in [6.07, 6.45) is 0.434. The van der Waals surface area contributed by atoms with E-state index in [1.165, 1.54) is 6.33 Å². The summed E-state index contributed by atoms with van der Waals surface area (Å²) in [6.45, 7) is 10.7. The molecule has 29 heavy (non-hydrogen) atoms. The fourth-order valence-corrected chi connectivity index (χ4v) is 3.38. The van der Waals surface area contributed by atoms with Gasteiger partial charge in [-0.15, -0.1) is 0 Å². The van der Waals surface area contributed by atoms with E-state index in [0.717, 1.165) is 0 Å². The Morgan fingerprint density at radius 1 is 1.45 bits per heavy atom. The number of esters is 1. The number of nitrogens with zero attached hydrogens (tertiary/aromatic N) is 4. The molecular weight excluding hydrogens is 399 g/mol. The molecule has 0 saturated heterocycles. The number of ether oxygens (including phenoxy) is 2. The van der Waals surface area contributed by atoms with Gasteiger partial charge in [0.2, 0.25) is 0 Å². The Bertz CT molecular complexity index is 778. The Morgan fingerprint density at radius 3 is 2.66 bits per heavy atom. The minimum absolute atomic E-state index is 0.00210. The van der Waals surface area contributed by atoms with Gasteiger partial charge in [0.25, 0.3) is 7.52 Å². The zero-order valence-electron chi connectivity index (χ0n) is 17.5. The third-order valence-corrected chi connectivity index (χ3v) is 5.01. The molecule has 0 aromatic carbocycles. The highest BCUT2D eigenvalue weighted by Gasteiger charge is 2.24. The highest BCUT2D eigenvalue weighted by atomic mass is 31.2. The lowest BCUT2D eigenvalue weighted by Crippen LogP contribution is -2.29. The number of aliphatic imine (C=N–C) groups is 2. The van der Waals surface area contributed by atoms with E-state index in [9.17, 15) is 14.3 Å². The average Bonchev–Trinajstić information content (AvgIpc) is 3.05. The van der Waals surface area contributed by atoms with Crippen LogP contribution < -0.4 is 10.8 Å². The standard InChI is InChI=1S/C17H31N6O5P/c1-11(2)28-17(24)12(3)7-22-29(25,26)10-27-13(4)8-23-9-21-14(15(18)19-5)16(23)20-6/h9,11-13H,6-8,10H2,1-5H3,(H2,18,19)(H2,22,25,26)/t12-,13+/m0/s1. The number of nitrogens with one attached hydrogen (secondary N) is 1. The average molecular weight is 430 g/mol. The lowest BCUT2D eigenvalue weighted by atomic mass is 10.2. The van der Waals surface area contributed by atoms with Gasteiger partial charge >= 0.3 is 5.97 Å². The molecule has 0 fully saturated rings. The molecule has 4 N–H and O–H groups in total. The summed E-state index contributed by atoms with van der Waals surface area (Å²) in [6, 6.07) is 0. The maximum Gasteiger partial charge on any atom is 0.310 e. The highest BCUT2D eigenvalue weighted by Crippen LogP contribution is 2.35. The van der Waals surface area contributed by atoms with Crippen molar-refractivity contribution in [3.63, 3.8) is 0 Å². The number of carbonyl (C=O) groups is 1. The van der Waals surface area contributed by atoms with Gasteiger partial charge in [0.15, 0.2) is 5.82 Å². The van der Waals surface area contributed by atoms with Crippen molar-refractivity contribution < 1.29 is 23.7 Å². The molecule has 1 aromatic heterocycles. The normalized spacial score (nSPS) is 16.3. The second kappa shape index (κ2) is 11.2. The first-order valence-corrected chi connectivity index (χ1v) is 11.0. The molecule has 1 heterocycles. The van der Waals surface area contributed by atoms with Crippen molar-refractivity contribution in [3.8, 4) is 0 Å². The van der Waals surface area contributed by atoms with Gasteiger partial charge in [-0.2, -0.15) is 0 Å². The van der Waals surface area contributed by atoms with Crippen molar-refractivity contribution in [2.45, 2.75) is 46.4 Å². The van der Waals surface area contributed by atoms with Crippen molar-refractivity contribution in [1.82, 2.24) is 14.6 Å². The van der Waals surface area contributed by atoms with Crippen molar-refractivity contribution in [3.05, 3.63) is 12.0 Å². The molecule has 0 saturated carbocycles. The molecule has 1 aromatic rings. The van der Waals surface area contributed by atoms with Crippen molar-refractivity contribution >= 4 is 31.9 Å². The molecule has 164 valence electrons. The van der Waals surface area contributed by atoms with E-state index in [2.05, 4.69) is 26.8 Å². The lowest BCUT2D eigenvalue weighted by Gasteiger charge is -2.20. The smallest absolute Gasteiger partial charge is 0.310 e. The van der Waals surface area contributed by atoms with Gasteiger partial charge in [-0.25, -0.2) is 15.1 Å². The van der Waals surface area contributed by atoms with Crippen LogP contribution in [0.2, 0.25) is 0 Å². The number of amidine groups is 1. The molecule has 0 spiro atoms. The van der Waals surface area contributed by atoms with Crippen LogP contribution >= 0.6 is 7.52 Å². The van der Waals surface area contributed by atoms with Gasteiger partial charge < -0.3 is 24.7 Å². The third kappa shape index (κ3) is 8.06. The SMILES string of the molecule is C=Nc1c(C(N)=NC)ncn1C[C@@H](C)OCP(=O)(O)NC[C@H](C)C(=O)OC(C)C. The number of rotatable bonds is 12. The summed E-state index contributed by atoms with van der Waals surface area (Å²) in [5.74, 6) is -0.330. The number of imidazole rings is 1. The van der Waals surface area contributed by atoms with Crippen LogP contribution in [-0.4, -0.2) is 65.1 Å². The number of carbonyl (C=O) groups excluding carboxylic acids is 1. The van der Waals surface area contributed by atoms with Crippen LogP contribution in [0.15, 0.2) is 16.3 Å².